The summed E-state index contributed by atoms with van der Waals surface area (Å²) in [6.45, 7) is 1.64. The van der Waals surface area contributed by atoms with Crippen molar-refractivity contribution in [2.24, 2.45) is 5.92 Å². The lowest BCUT2D eigenvalue weighted by atomic mass is 9.97. The van der Waals surface area contributed by atoms with Gasteiger partial charge >= 0.3 is 0 Å². The third kappa shape index (κ3) is 4.30. The second-order valence-corrected chi connectivity index (χ2v) is 9.14. The molecule has 0 spiro atoms. The Morgan fingerprint density at radius 1 is 0.806 bits per heavy atom. The van der Waals surface area contributed by atoms with E-state index >= 15 is 0 Å². The van der Waals surface area contributed by atoms with Crippen LogP contribution >= 0.6 is 0 Å². The van der Waals surface area contributed by atoms with Crippen LogP contribution in [-0.2, 0) is 12.8 Å². The molecule has 0 bridgehead atoms. The van der Waals surface area contributed by atoms with Crippen LogP contribution in [0, 0.1) is 5.92 Å². The van der Waals surface area contributed by atoms with E-state index in [0.29, 0.717) is 0 Å². The first-order valence-electron chi connectivity index (χ1n) is 11.8. The van der Waals surface area contributed by atoms with Crippen LogP contribution in [0.2, 0.25) is 0 Å². The number of hydrogen-bond donors (Lipinski definition) is 0. The normalized spacial score (nSPS) is 15.0. The standard InChI is InChI=1S/C29H31NO/c31-29(27-16-8-14-25-21-24-13-6-7-15-26(24)28(25)27)30(20-18-23-11-4-5-12-23)19-17-22-9-2-1-3-10-22/h1-3,6-10,13-16,23H,4-5,11-12,17-21H2. The molecule has 1 saturated carbocycles. The van der Waals surface area contributed by atoms with Crippen molar-refractivity contribution in [2.75, 3.05) is 13.1 Å². The van der Waals surface area contributed by atoms with Gasteiger partial charge in [0.25, 0.3) is 5.91 Å². The first-order valence-corrected chi connectivity index (χ1v) is 11.8. The largest absolute Gasteiger partial charge is 0.338 e. The van der Waals surface area contributed by atoms with Crippen molar-refractivity contribution in [3.8, 4) is 11.1 Å². The van der Waals surface area contributed by atoms with Crippen LogP contribution in [0.15, 0.2) is 72.8 Å². The Morgan fingerprint density at radius 3 is 2.39 bits per heavy atom. The smallest absolute Gasteiger partial charge is 0.254 e. The fourth-order valence-corrected chi connectivity index (χ4v) is 5.40. The lowest BCUT2D eigenvalue weighted by molar-refractivity contribution is 0.0749. The summed E-state index contributed by atoms with van der Waals surface area (Å²) < 4.78 is 0. The van der Waals surface area contributed by atoms with Gasteiger partial charge in [0, 0.05) is 18.7 Å². The van der Waals surface area contributed by atoms with E-state index in [1.165, 1.54) is 47.9 Å². The third-order valence-electron chi connectivity index (χ3n) is 7.13. The summed E-state index contributed by atoms with van der Waals surface area (Å²) in [5, 5.41) is 0. The molecule has 2 aliphatic carbocycles. The Balaban J connectivity index is 1.41. The fraction of sp³-hybridized carbons (Fsp3) is 0.345. The number of rotatable bonds is 7. The number of carbonyl (C=O) groups excluding carboxylic acids is 1. The van der Waals surface area contributed by atoms with Crippen molar-refractivity contribution < 1.29 is 4.79 Å². The van der Waals surface area contributed by atoms with Crippen molar-refractivity contribution >= 4 is 5.91 Å². The SMILES string of the molecule is O=C(c1cccc2c1-c1ccccc1C2)N(CCc1ccccc1)CCC1CCCC1. The number of fused-ring (bicyclic) bond motifs is 3. The van der Waals surface area contributed by atoms with Crippen LogP contribution in [-0.4, -0.2) is 23.9 Å². The molecular formula is C29H31NO. The van der Waals surface area contributed by atoms with Gasteiger partial charge in [-0.25, -0.2) is 0 Å². The van der Waals surface area contributed by atoms with E-state index in [1.807, 2.05) is 6.07 Å². The molecule has 0 saturated heterocycles. The second kappa shape index (κ2) is 9.09. The summed E-state index contributed by atoms with van der Waals surface area (Å²) in [6.07, 6.45) is 8.33. The first-order chi connectivity index (χ1) is 15.3. The summed E-state index contributed by atoms with van der Waals surface area (Å²) in [4.78, 5) is 16.0. The summed E-state index contributed by atoms with van der Waals surface area (Å²) in [6, 6.07) is 25.4. The van der Waals surface area contributed by atoms with Gasteiger partial charge in [0.05, 0.1) is 0 Å². The average Bonchev–Trinajstić information content (AvgIpc) is 3.47. The predicted octanol–water partition coefficient (Wildman–Crippen LogP) is 6.52. The highest BCUT2D eigenvalue weighted by molar-refractivity contribution is 6.03. The molecule has 1 amide bonds. The number of amides is 1. The molecule has 2 heteroatoms. The molecule has 2 nitrogen and oxygen atoms in total. The number of benzene rings is 3. The maximum atomic E-state index is 13.9. The number of hydrogen-bond acceptors (Lipinski definition) is 1. The van der Waals surface area contributed by atoms with Gasteiger partial charge in [0.15, 0.2) is 0 Å². The van der Waals surface area contributed by atoms with Crippen molar-refractivity contribution in [3.63, 3.8) is 0 Å². The first kappa shape index (κ1) is 20.1. The lowest BCUT2D eigenvalue weighted by Gasteiger charge is -2.25. The van der Waals surface area contributed by atoms with Crippen molar-refractivity contribution in [1.82, 2.24) is 4.90 Å². The summed E-state index contributed by atoms with van der Waals surface area (Å²) in [5.41, 5.74) is 7.19. The Hall–Kier alpha value is -2.87. The van der Waals surface area contributed by atoms with Crippen LogP contribution in [0.3, 0.4) is 0 Å². The highest BCUT2D eigenvalue weighted by atomic mass is 16.2. The van der Waals surface area contributed by atoms with Crippen LogP contribution in [0.5, 0.6) is 0 Å². The summed E-state index contributed by atoms with van der Waals surface area (Å²) >= 11 is 0. The zero-order valence-corrected chi connectivity index (χ0v) is 18.2. The summed E-state index contributed by atoms with van der Waals surface area (Å²) in [7, 11) is 0. The van der Waals surface area contributed by atoms with E-state index in [9.17, 15) is 4.79 Å². The van der Waals surface area contributed by atoms with Gasteiger partial charge in [-0.3, -0.25) is 4.79 Å². The molecule has 5 rings (SSSR count). The van der Waals surface area contributed by atoms with Gasteiger partial charge in [-0.1, -0.05) is 92.4 Å². The Bertz CT molecular complexity index is 1050. The van der Waals surface area contributed by atoms with E-state index in [2.05, 4.69) is 71.6 Å². The minimum Gasteiger partial charge on any atom is -0.338 e. The molecule has 0 radical (unpaired) electrons. The van der Waals surface area contributed by atoms with E-state index in [4.69, 9.17) is 0 Å². The van der Waals surface area contributed by atoms with Gasteiger partial charge in [-0.15, -0.1) is 0 Å². The van der Waals surface area contributed by atoms with E-state index in [-0.39, 0.29) is 5.91 Å². The molecule has 31 heavy (non-hydrogen) atoms. The van der Waals surface area contributed by atoms with Crippen molar-refractivity contribution in [3.05, 3.63) is 95.1 Å². The molecule has 2 aliphatic rings. The molecule has 158 valence electrons. The Labute approximate surface area is 185 Å². The van der Waals surface area contributed by atoms with Crippen LogP contribution in [0.25, 0.3) is 11.1 Å². The molecule has 0 aromatic heterocycles. The van der Waals surface area contributed by atoms with Gasteiger partial charge in [-0.2, -0.15) is 0 Å². The molecule has 0 N–H and O–H groups in total. The van der Waals surface area contributed by atoms with Crippen molar-refractivity contribution in [2.45, 2.75) is 44.9 Å². The lowest BCUT2D eigenvalue weighted by Crippen LogP contribution is -2.35. The quantitative estimate of drug-likeness (QED) is 0.340. The molecule has 0 heterocycles. The Kier molecular flexibility index (Phi) is 5.88. The average molecular weight is 410 g/mol. The van der Waals surface area contributed by atoms with Crippen molar-refractivity contribution in [1.29, 1.82) is 0 Å². The second-order valence-electron chi connectivity index (χ2n) is 9.14. The monoisotopic (exact) mass is 409 g/mol. The zero-order chi connectivity index (χ0) is 21.0. The number of nitrogens with zero attached hydrogens (tertiary/aromatic N) is 1. The third-order valence-corrected chi connectivity index (χ3v) is 7.13. The molecule has 3 aromatic carbocycles. The van der Waals surface area contributed by atoms with Gasteiger partial charge in [0.1, 0.15) is 0 Å². The molecular weight excluding hydrogens is 378 g/mol. The van der Waals surface area contributed by atoms with E-state index < -0.39 is 0 Å². The maximum absolute atomic E-state index is 13.9. The van der Waals surface area contributed by atoms with Gasteiger partial charge in [-0.05, 0) is 59.1 Å². The van der Waals surface area contributed by atoms with Crippen LogP contribution in [0.4, 0.5) is 0 Å². The molecule has 1 fully saturated rings. The number of carbonyl (C=O) groups is 1. The van der Waals surface area contributed by atoms with Gasteiger partial charge in [0.2, 0.25) is 0 Å². The van der Waals surface area contributed by atoms with E-state index in [0.717, 1.165) is 49.4 Å². The zero-order valence-electron chi connectivity index (χ0n) is 18.2. The summed E-state index contributed by atoms with van der Waals surface area (Å²) in [5.74, 6) is 0.983. The van der Waals surface area contributed by atoms with E-state index in [1.54, 1.807) is 0 Å². The van der Waals surface area contributed by atoms with Crippen LogP contribution in [0.1, 0.15) is 59.2 Å². The maximum Gasteiger partial charge on any atom is 0.254 e. The van der Waals surface area contributed by atoms with Gasteiger partial charge < -0.3 is 4.90 Å². The highest BCUT2D eigenvalue weighted by Crippen LogP contribution is 2.39. The molecule has 0 unspecified atom stereocenters. The molecule has 3 aromatic rings. The molecule has 0 aliphatic heterocycles. The topological polar surface area (TPSA) is 20.3 Å². The molecule has 0 atom stereocenters. The minimum atomic E-state index is 0.197. The Morgan fingerprint density at radius 2 is 1.55 bits per heavy atom. The highest BCUT2D eigenvalue weighted by Gasteiger charge is 2.27. The fourth-order valence-electron chi connectivity index (χ4n) is 5.40. The van der Waals surface area contributed by atoms with Crippen LogP contribution < -0.4 is 0 Å². The predicted molar refractivity (Wildman–Crippen MR) is 127 cm³/mol. The minimum absolute atomic E-state index is 0.197.